The molecule has 1 unspecified atom stereocenters. The maximum Gasteiger partial charge on any atom is 0.0406 e. The van der Waals surface area contributed by atoms with Gasteiger partial charge in [0.2, 0.25) is 0 Å². The maximum absolute atomic E-state index is 10.6. The van der Waals surface area contributed by atoms with Crippen LogP contribution >= 0.6 is 11.6 Å². The lowest BCUT2D eigenvalue weighted by atomic mass is 10.0. The third-order valence-corrected chi connectivity index (χ3v) is 3.21. The van der Waals surface area contributed by atoms with Gasteiger partial charge in [-0.15, -0.1) is 0 Å². The third kappa shape index (κ3) is 3.40. The first kappa shape index (κ1) is 12.3. The molecule has 0 aliphatic carbocycles. The Morgan fingerprint density at radius 3 is 2.41 bits per heavy atom. The molecule has 88 valence electrons. The zero-order valence-electron chi connectivity index (χ0n) is 8.93. The fourth-order valence-electron chi connectivity index (χ4n) is 1.62. The third-order valence-electron chi connectivity index (χ3n) is 2.39. The fraction of sp³-hybridized carbons (Fsp3) is 0.0769. The van der Waals surface area contributed by atoms with E-state index in [0.717, 1.165) is 16.7 Å². The van der Waals surface area contributed by atoms with Crippen LogP contribution in [0.4, 0.5) is 0 Å². The smallest absolute Gasteiger partial charge is 0.0406 e. The van der Waals surface area contributed by atoms with Gasteiger partial charge in [0.25, 0.3) is 0 Å². The summed E-state index contributed by atoms with van der Waals surface area (Å²) in [6.07, 6.45) is 0. The SMILES string of the molecule is O=S([O-])Cc1cccc(-c2ccc(Cl)cc2)c1. The second-order valence-electron chi connectivity index (χ2n) is 3.66. The van der Waals surface area contributed by atoms with Crippen molar-refractivity contribution in [3.05, 3.63) is 59.1 Å². The highest BCUT2D eigenvalue weighted by molar-refractivity contribution is 7.78. The Morgan fingerprint density at radius 1 is 1.06 bits per heavy atom. The van der Waals surface area contributed by atoms with E-state index >= 15 is 0 Å². The van der Waals surface area contributed by atoms with Crippen molar-refractivity contribution in [2.24, 2.45) is 0 Å². The summed E-state index contributed by atoms with van der Waals surface area (Å²) in [5.41, 5.74) is 2.79. The molecule has 0 saturated heterocycles. The molecule has 0 heterocycles. The summed E-state index contributed by atoms with van der Waals surface area (Å²) < 4.78 is 21.3. The van der Waals surface area contributed by atoms with Crippen molar-refractivity contribution in [1.82, 2.24) is 0 Å². The van der Waals surface area contributed by atoms with E-state index in [4.69, 9.17) is 11.6 Å². The van der Waals surface area contributed by atoms with Gasteiger partial charge in [-0.2, -0.15) is 0 Å². The Balaban J connectivity index is 2.32. The second-order valence-corrected chi connectivity index (χ2v) is 4.99. The number of benzene rings is 2. The van der Waals surface area contributed by atoms with Crippen LogP contribution in [0.25, 0.3) is 11.1 Å². The van der Waals surface area contributed by atoms with Crippen LogP contribution in [0.3, 0.4) is 0 Å². The van der Waals surface area contributed by atoms with Gasteiger partial charge in [0.1, 0.15) is 0 Å². The number of hydrogen-bond acceptors (Lipinski definition) is 2. The van der Waals surface area contributed by atoms with E-state index in [9.17, 15) is 8.76 Å². The molecular weight excluding hydrogens is 256 g/mol. The summed E-state index contributed by atoms with van der Waals surface area (Å²) in [5, 5.41) is 0.686. The highest BCUT2D eigenvalue weighted by Gasteiger charge is 1.99. The van der Waals surface area contributed by atoms with Gasteiger partial charge in [0.15, 0.2) is 0 Å². The largest absolute Gasteiger partial charge is 0.772 e. The number of hydrogen-bond donors (Lipinski definition) is 0. The molecule has 0 radical (unpaired) electrons. The average molecular weight is 266 g/mol. The molecule has 17 heavy (non-hydrogen) atoms. The van der Waals surface area contributed by atoms with E-state index in [1.807, 2.05) is 42.5 Å². The van der Waals surface area contributed by atoms with Crippen LogP contribution in [0.2, 0.25) is 5.02 Å². The minimum Gasteiger partial charge on any atom is -0.772 e. The molecule has 2 aromatic carbocycles. The summed E-state index contributed by atoms with van der Waals surface area (Å²) in [6.45, 7) is 0. The van der Waals surface area contributed by atoms with E-state index in [0.29, 0.717) is 5.02 Å². The molecule has 2 aromatic rings. The lowest BCUT2D eigenvalue weighted by Crippen LogP contribution is -1.93. The van der Waals surface area contributed by atoms with Crippen molar-refractivity contribution in [1.29, 1.82) is 0 Å². The van der Waals surface area contributed by atoms with Crippen LogP contribution < -0.4 is 0 Å². The summed E-state index contributed by atoms with van der Waals surface area (Å²) in [5.74, 6) is 0.0431. The molecule has 0 fully saturated rings. The second kappa shape index (κ2) is 5.45. The molecule has 2 rings (SSSR count). The maximum atomic E-state index is 10.6. The summed E-state index contributed by atoms with van der Waals surface area (Å²) in [7, 11) is 0. The van der Waals surface area contributed by atoms with E-state index in [2.05, 4.69) is 0 Å². The van der Waals surface area contributed by atoms with Crippen molar-refractivity contribution in [3.8, 4) is 11.1 Å². The number of rotatable bonds is 3. The molecule has 0 spiro atoms. The lowest BCUT2D eigenvalue weighted by molar-refractivity contribution is 0.536. The van der Waals surface area contributed by atoms with Crippen molar-refractivity contribution in [2.45, 2.75) is 5.75 Å². The Labute approximate surface area is 108 Å². The van der Waals surface area contributed by atoms with Crippen molar-refractivity contribution < 1.29 is 8.76 Å². The highest BCUT2D eigenvalue weighted by atomic mass is 35.5. The predicted octanol–water partition coefficient (Wildman–Crippen LogP) is 3.39. The molecule has 0 saturated carbocycles. The first-order valence-electron chi connectivity index (χ1n) is 5.06. The zero-order chi connectivity index (χ0) is 12.3. The van der Waals surface area contributed by atoms with Crippen molar-refractivity contribution >= 4 is 22.7 Å². The van der Waals surface area contributed by atoms with Gasteiger partial charge in [-0.05, 0) is 28.8 Å². The minimum absolute atomic E-state index is 0.0431. The van der Waals surface area contributed by atoms with Crippen molar-refractivity contribution in [2.75, 3.05) is 0 Å². The summed E-state index contributed by atoms with van der Waals surface area (Å²) in [4.78, 5) is 0. The van der Waals surface area contributed by atoms with Crippen LogP contribution in [-0.4, -0.2) is 8.76 Å². The average Bonchev–Trinajstić information content (AvgIpc) is 2.29. The van der Waals surface area contributed by atoms with Gasteiger partial charge in [0, 0.05) is 10.8 Å². The van der Waals surface area contributed by atoms with Gasteiger partial charge < -0.3 is 4.55 Å². The molecule has 0 aliphatic rings. The van der Waals surface area contributed by atoms with Gasteiger partial charge in [-0.25, -0.2) is 0 Å². The van der Waals surface area contributed by atoms with E-state index in [-0.39, 0.29) is 5.75 Å². The van der Waals surface area contributed by atoms with Crippen LogP contribution in [0.15, 0.2) is 48.5 Å². The first-order chi connectivity index (χ1) is 8.15. The number of halogens is 1. The minimum atomic E-state index is -2.06. The van der Waals surface area contributed by atoms with Gasteiger partial charge >= 0.3 is 0 Å². The van der Waals surface area contributed by atoms with Crippen LogP contribution in [0, 0.1) is 0 Å². The zero-order valence-corrected chi connectivity index (χ0v) is 10.5. The summed E-state index contributed by atoms with van der Waals surface area (Å²) >= 11 is 3.76. The lowest BCUT2D eigenvalue weighted by Gasteiger charge is -2.07. The van der Waals surface area contributed by atoms with Crippen LogP contribution in [0.1, 0.15) is 5.56 Å². The first-order valence-corrected chi connectivity index (χ1v) is 6.68. The van der Waals surface area contributed by atoms with Crippen LogP contribution in [0.5, 0.6) is 0 Å². The molecule has 0 N–H and O–H groups in total. The Morgan fingerprint density at radius 2 is 1.76 bits per heavy atom. The molecule has 0 aromatic heterocycles. The Kier molecular flexibility index (Phi) is 3.94. The molecule has 2 nitrogen and oxygen atoms in total. The van der Waals surface area contributed by atoms with Crippen LogP contribution in [-0.2, 0) is 16.8 Å². The molecule has 0 bridgehead atoms. The quantitative estimate of drug-likeness (QED) is 0.798. The van der Waals surface area contributed by atoms with E-state index < -0.39 is 11.1 Å². The Hall–Kier alpha value is -1.16. The molecule has 0 amide bonds. The standard InChI is InChI=1S/C13H11ClO2S/c14-13-6-4-11(5-7-13)12-3-1-2-10(8-12)9-17(15)16/h1-8H,9H2,(H,15,16)/p-1. The molecule has 0 aliphatic heterocycles. The van der Waals surface area contributed by atoms with E-state index in [1.165, 1.54) is 0 Å². The van der Waals surface area contributed by atoms with Gasteiger partial charge in [0.05, 0.1) is 0 Å². The summed E-state index contributed by atoms with van der Waals surface area (Å²) in [6, 6.07) is 14.9. The molecule has 1 atom stereocenters. The molecular formula is C13H10ClO2S-. The fourth-order valence-corrected chi connectivity index (χ4v) is 2.20. The van der Waals surface area contributed by atoms with E-state index in [1.54, 1.807) is 6.07 Å². The highest BCUT2D eigenvalue weighted by Crippen LogP contribution is 2.22. The monoisotopic (exact) mass is 265 g/mol. The van der Waals surface area contributed by atoms with Gasteiger partial charge in [-0.1, -0.05) is 59.1 Å². The Bertz CT molecular complexity index is 537. The topological polar surface area (TPSA) is 40.1 Å². The molecule has 4 heteroatoms. The van der Waals surface area contributed by atoms with Crippen molar-refractivity contribution in [3.63, 3.8) is 0 Å². The normalized spacial score (nSPS) is 12.4. The van der Waals surface area contributed by atoms with Gasteiger partial charge in [-0.3, -0.25) is 4.21 Å². The predicted molar refractivity (Wildman–Crippen MR) is 69.5 cm³/mol.